The summed E-state index contributed by atoms with van der Waals surface area (Å²) in [6.45, 7) is 2.20. The van der Waals surface area contributed by atoms with E-state index in [9.17, 15) is 0 Å². The summed E-state index contributed by atoms with van der Waals surface area (Å²) in [5, 5.41) is 3.42. The van der Waals surface area contributed by atoms with Crippen LogP contribution in [0, 0.1) is 0 Å². The Morgan fingerprint density at radius 1 is 1.31 bits per heavy atom. The molecule has 0 saturated heterocycles. The van der Waals surface area contributed by atoms with Crippen molar-refractivity contribution in [2.24, 2.45) is 0 Å². The predicted octanol–water partition coefficient (Wildman–Crippen LogP) is 2.21. The van der Waals surface area contributed by atoms with E-state index in [0.717, 1.165) is 11.4 Å². The summed E-state index contributed by atoms with van der Waals surface area (Å²) in [6, 6.07) is 8.03. The van der Waals surface area contributed by atoms with Gasteiger partial charge in [0.1, 0.15) is 0 Å². The number of nitrogens with one attached hydrogen (secondary N) is 1. The first kappa shape index (κ1) is 10.4. The first-order chi connectivity index (χ1) is 6.26. The van der Waals surface area contributed by atoms with E-state index < -0.39 is 0 Å². The Hall–Kier alpha value is -0.661. The van der Waals surface area contributed by atoms with E-state index in [1.165, 1.54) is 0 Å². The third-order valence-corrected chi connectivity index (χ3v) is 3.54. The van der Waals surface area contributed by atoms with Crippen LogP contribution in [0.4, 0.5) is 5.69 Å². The molecule has 0 fully saturated rings. The van der Waals surface area contributed by atoms with Crippen molar-refractivity contribution >= 4 is 20.6 Å². The van der Waals surface area contributed by atoms with Gasteiger partial charge < -0.3 is 0 Å². The molecule has 0 aliphatic heterocycles. The number of rotatable bonds is 4. The summed E-state index contributed by atoms with van der Waals surface area (Å²) in [6.07, 6.45) is 0. The van der Waals surface area contributed by atoms with E-state index in [2.05, 4.69) is 18.1 Å². The van der Waals surface area contributed by atoms with E-state index in [1.807, 2.05) is 24.3 Å². The van der Waals surface area contributed by atoms with Crippen molar-refractivity contribution in [2.45, 2.75) is 17.7 Å². The molecule has 1 atom stereocenters. The molecule has 0 amide bonds. The zero-order valence-electron chi connectivity index (χ0n) is 8.20. The summed E-state index contributed by atoms with van der Waals surface area (Å²) in [4.78, 5) is 0.584. The van der Waals surface area contributed by atoms with Crippen molar-refractivity contribution in [1.82, 2.24) is 0 Å². The van der Waals surface area contributed by atoms with Crippen LogP contribution in [-0.4, -0.2) is 27.0 Å². The molecule has 0 heterocycles. The summed E-state index contributed by atoms with van der Waals surface area (Å²) in [5.41, 5.74) is 1.16. The van der Waals surface area contributed by atoms with Crippen molar-refractivity contribution in [2.75, 3.05) is 12.4 Å². The van der Waals surface area contributed by atoms with E-state index in [4.69, 9.17) is 4.74 Å². The summed E-state index contributed by atoms with van der Waals surface area (Å²) >= 11 is 0.639. The third kappa shape index (κ3) is 3.29. The van der Waals surface area contributed by atoms with Crippen LogP contribution >= 0.6 is 0 Å². The Labute approximate surface area is 85.8 Å². The molecule has 1 aromatic carbocycles. The minimum absolute atomic E-state index is 0.584. The monoisotopic (exact) mass is 245 g/mol. The van der Waals surface area contributed by atoms with Gasteiger partial charge in [0.2, 0.25) is 0 Å². The number of methoxy groups -OCH3 is 1. The molecule has 0 aromatic heterocycles. The van der Waals surface area contributed by atoms with Crippen molar-refractivity contribution in [3.05, 3.63) is 24.3 Å². The predicted molar refractivity (Wildman–Crippen MR) is 57.7 cm³/mol. The van der Waals surface area contributed by atoms with Crippen LogP contribution in [0.15, 0.2) is 24.3 Å². The number of benzene rings is 1. The number of hydrogen-bond acceptors (Lipinski definition) is 2. The Kier molecular flexibility index (Phi) is 4.13. The molecule has 2 nitrogen and oxygen atoms in total. The first-order valence-corrected chi connectivity index (χ1v) is 6.90. The van der Waals surface area contributed by atoms with E-state index >= 15 is 0 Å². The second kappa shape index (κ2) is 5.15. The maximum atomic E-state index is 5.08. The van der Waals surface area contributed by atoms with Gasteiger partial charge >= 0.3 is 85.5 Å². The first-order valence-electron chi connectivity index (χ1n) is 4.19. The maximum absolute atomic E-state index is 5.08. The molecule has 72 valence electrons. The SMILES string of the molecule is COc1ccc(NC(C)[Se]C)cc1. The zero-order chi connectivity index (χ0) is 9.68. The normalized spacial score (nSPS) is 12.2. The molecular weight excluding hydrogens is 229 g/mol. The van der Waals surface area contributed by atoms with Gasteiger partial charge in [0.05, 0.1) is 0 Å². The molecule has 0 aliphatic rings. The molecule has 1 N–H and O–H groups in total. The van der Waals surface area contributed by atoms with Crippen LogP contribution in [0.3, 0.4) is 0 Å². The Bertz CT molecular complexity index is 248. The second-order valence-corrected chi connectivity index (χ2v) is 5.22. The fourth-order valence-corrected chi connectivity index (χ4v) is 1.51. The van der Waals surface area contributed by atoms with Crippen molar-refractivity contribution in [3.8, 4) is 5.75 Å². The van der Waals surface area contributed by atoms with Crippen molar-refractivity contribution in [1.29, 1.82) is 0 Å². The molecule has 1 unspecified atom stereocenters. The molecule has 13 heavy (non-hydrogen) atoms. The number of hydrogen-bond donors (Lipinski definition) is 1. The van der Waals surface area contributed by atoms with Crippen LogP contribution in [0.1, 0.15) is 6.92 Å². The molecule has 1 rings (SSSR count). The average Bonchev–Trinajstić information content (AvgIpc) is 2.19. The summed E-state index contributed by atoms with van der Waals surface area (Å²) in [7, 11) is 1.68. The minimum atomic E-state index is 0.584. The molecular formula is C10H15NOSe. The van der Waals surface area contributed by atoms with Crippen molar-refractivity contribution in [3.63, 3.8) is 0 Å². The van der Waals surface area contributed by atoms with Gasteiger partial charge in [-0.2, -0.15) is 0 Å². The second-order valence-electron chi connectivity index (χ2n) is 2.75. The van der Waals surface area contributed by atoms with Crippen LogP contribution in [0.2, 0.25) is 5.82 Å². The zero-order valence-corrected chi connectivity index (χ0v) is 9.92. The van der Waals surface area contributed by atoms with E-state index in [1.54, 1.807) is 7.11 Å². The van der Waals surface area contributed by atoms with Crippen LogP contribution in [0.25, 0.3) is 0 Å². The molecule has 0 aliphatic carbocycles. The number of ether oxygens (including phenoxy) is 1. The van der Waals surface area contributed by atoms with Crippen molar-refractivity contribution < 1.29 is 4.74 Å². The van der Waals surface area contributed by atoms with Gasteiger partial charge in [0.25, 0.3) is 0 Å². The average molecular weight is 244 g/mol. The van der Waals surface area contributed by atoms with E-state index in [0.29, 0.717) is 19.9 Å². The fraction of sp³-hybridized carbons (Fsp3) is 0.400. The Morgan fingerprint density at radius 2 is 1.92 bits per heavy atom. The van der Waals surface area contributed by atoms with Gasteiger partial charge in [-0.1, -0.05) is 0 Å². The Morgan fingerprint density at radius 3 is 2.38 bits per heavy atom. The molecule has 1 aromatic rings. The molecule has 0 radical (unpaired) electrons. The molecule has 0 saturated carbocycles. The standard InChI is InChI=1S/C10H15NOSe/c1-8(13-3)11-9-4-6-10(12-2)7-5-9/h4-8,11H,1-3H3. The van der Waals surface area contributed by atoms with Gasteiger partial charge in [-0.15, -0.1) is 0 Å². The van der Waals surface area contributed by atoms with Gasteiger partial charge in [-0.05, 0) is 0 Å². The molecule has 3 heteroatoms. The van der Waals surface area contributed by atoms with Gasteiger partial charge in [0.15, 0.2) is 0 Å². The van der Waals surface area contributed by atoms with Gasteiger partial charge in [0, 0.05) is 0 Å². The summed E-state index contributed by atoms with van der Waals surface area (Å²) < 4.78 is 5.08. The van der Waals surface area contributed by atoms with Gasteiger partial charge in [-0.25, -0.2) is 0 Å². The number of anilines is 1. The van der Waals surface area contributed by atoms with E-state index in [-0.39, 0.29) is 0 Å². The topological polar surface area (TPSA) is 21.3 Å². The molecule has 0 spiro atoms. The van der Waals surface area contributed by atoms with Gasteiger partial charge in [-0.3, -0.25) is 0 Å². The quantitative estimate of drug-likeness (QED) is 0.820. The van der Waals surface area contributed by atoms with Crippen LogP contribution in [0.5, 0.6) is 5.75 Å². The molecule has 0 bridgehead atoms. The third-order valence-electron chi connectivity index (χ3n) is 1.81. The fourth-order valence-electron chi connectivity index (χ4n) is 0.981. The van der Waals surface area contributed by atoms with Crippen LogP contribution < -0.4 is 10.1 Å². The van der Waals surface area contributed by atoms with Crippen LogP contribution in [-0.2, 0) is 0 Å². The summed E-state index contributed by atoms with van der Waals surface area (Å²) in [5.74, 6) is 3.13. The Balaban J connectivity index is 2.58.